The zero-order chi connectivity index (χ0) is 109. The molecular weight excluding hydrogens is 1830 g/mol. The smallest absolute Gasteiger partial charge is 0.313 e. The third-order valence-corrected chi connectivity index (χ3v) is 40.7. The zero-order valence-corrected chi connectivity index (χ0v) is 102. The maximum absolute atomic E-state index is 12.7. The average Bonchev–Trinajstić information content (AvgIpc) is 1.53. The van der Waals surface area contributed by atoms with Gasteiger partial charge < -0.3 is 42.6 Å². The number of fused-ring (bicyclic) bond motifs is 21. The summed E-state index contributed by atoms with van der Waals surface area (Å²) in [6.07, 6.45) is 38.5. The van der Waals surface area contributed by atoms with Gasteiger partial charge in [-0.3, -0.25) is 33.6 Å². The second kappa shape index (κ2) is 56.9. The number of hydrogen-bond acceptors (Lipinski definition) is 16. The molecule has 0 radical (unpaired) electrons. The highest BCUT2D eigenvalue weighted by Crippen LogP contribution is 2.75. The van der Waals surface area contributed by atoms with Crippen molar-refractivity contribution in [2.75, 3.05) is 0 Å². The SMILES string of the molecule is C.C.C.C.C.CC.CC.CC.CC.CC.CCC(C)(C)C(=O)OC(C)(C)C.CCC(C)(C)C(=O)OC(C)(C)C(C)C.CCC(C)(C)C(=O)OC(C)(C)C1CC2CCC1C2.CCC(C)(C)C(=O)OC(C)OC12CC3CC(CC(C3)C1)C2.CCC(C)(C)C(=O)OC(C)OC1CC2CC1C1C3CCC(C3)C21.CCC(C)(C)C(=O)OC1(C)CC2CC1C1C3CCC(C3)C21.CCC(C)(C)C(=O)OC1(C)CCC23CC1C(C)(C)C2CCC3C. The van der Waals surface area contributed by atoms with Gasteiger partial charge in [-0.25, -0.2) is 0 Å². The van der Waals surface area contributed by atoms with Gasteiger partial charge in [-0.05, 0) is 495 Å². The standard InChI is InChI=1S/C21H36O2.C20H32O3.C19H30O2.C18H30O3.C16H28O2.C12H24O2.C10H20O2.5C2H6.5CH4/c1-8-18(3,4)17(22)23-20(7)11-12-21-13-16(20)19(5,6)15(21)10-9-14(21)2;1-5-20(3,4)19(21)23-11(2)22-16-10-14-9-15(16)18-13-7-6-12(8-13)17(14)18;1-5-18(2,3)17(20)21-19(4)10-13-9-14(19)16-12-7-6-11(8-12)15(13)16;1-5-17(3,4)16(19)20-12(2)21-18-9-13-6-14(10-18)8-15(7-13)11-18;1-6-15(2,3)14(17)18-16(4,5)13-10-11-7-8-12(13)9-11;1-8-11(4,5)10(13)14-12(6,7)9(2)3;1-7-10(5,6)8(11)12-9(2,3)4;5*1-2;;;;;/h14-16H,8-13H2,1-7H3;11-18H,5-10H2,1-4H3;11-16H,5-10H2,1-4H3;12-15H,5-11H2,1-4H3;11-13H,6-10H2,1-5H3;9H,8H2,1-7H3;7H2,1-6H3;5*1-2H3;5*1H4. The lowest BCUT2D eigenvalue weighted by atomic mass is 9.54. The van der Waals surface area contributed by atoms with Crippen molar-refractivity contribution in [3.8, 4) is 0 Å². The molecule has 17 saturated carbocycles. The summed E-state index contributed by atoms with van der Waals surface area (Å²) in [4.78, 5) is 85.3. The van der Waals surface area contributed by atoms with Crippen LogP contribution in [0.1, 0.15) is 568 Å². The molecule has 1 spiro atoms. The Bertz CT molecular complexity index is 3900. The average molecular weight is 2080 g/mol. The number of rotatable bonds is 26. The molecule has 0 saturated heterocycles. The van der Waals surface area contributed by atoms with E-state index in [1.54, 1.807) is 0 Å². The summed E-state index contributed by atoms with van der Waals surface area (Å²) in [6, 6.07) is 0. The Labute approximate surface area is 911 Å². The first-order valence-corrected chi connectivity index (χ1v) is 59.6. The number of esters is 7. The molecule has 0 aliphatic heterocycles. The van der Waals surface area contributed by atoms with Crippen LogP contribution < -0.4 is 0 Å². The van der Waals surface area contributed by atoms with Crippen molar-refractivity contribution in [1.29, 1.82) is 0 Å². The summed E-state index contributed by atoms with van der Waals surface area (Å²) in [5.74, 6) is 17.7. The molecule has 0 N–H and O–H groups in total. The molecule has 0 heterocycles. The fraction of sp³-hybridized carbons (Fsp3) is 0.947. The van der Waals surface area contributed by atoms with Crippen molar-refractivity contribution in [3.05, 3.63) is 0 Å². The molecule has 0 aromatic heterocycles. The van der Waals surface area contributed by atoms with E-state index >= 15 is 0 Å². The van der Waals surface area contributed by atoms with E-state index in [2.05, 4.69) is 76.2 Å². The quantitative estimate of drug-likeness (QED) is 0.0342. The molecule has 147 heavy (non-hydrogen) atoms. The predicted octanol–water partition coefficient (Wildman–Crippen LogP) is 37.4. The van der Waals surface area contributed by atoms with Gasteiger partial charge in [-0.1, -0.05) is 196 Å². The van der Waals surface area contributed by atoms with Crippen molar-refractivity contribution < 1.29 is 76.2 Å². The van der Waals surface area contributed by atoms with Crippen molar-refractivity contribution in [2.24, 2.45) is 179 Å². The second-order valence-electron chi connectivity index (χ2n) is 54.8. The minimum atomic E-state index is -0.418. The summed E-state index contributed by atoms with van der Waals surface area (Å²) in [6.45, 7) is 95.2. The van der Waals surface area contributed by atoms with E-state index in [4.69, 9.17) is 42.6 Å². The molecule has 17 aliphatic rings. The molecule has 17 fully saturated rings. The van der Waals surface area contributed by atoms with Crippen LogP contribution in [0.15, 0.2) is 0 Å². The van der Waals surface area contributed by atoms with E-state index in [9.17, 15) is 33.6 Å². The van der Waals surface area contributed by atoms with Crippen molar-refractivity contribution in [3.63, 3.8) is 0 Å². The monoisotopic (exact) mass is 2080 g/mol. The molecule has 870 valence electrons. The Hall–Kier alpha value is -3.79. The van der Waals surface area contributed by atoms with Gasteiger partial charge in [0.15, 0.2) is 6.29 Å². The first-order chi connectivity index (χ1) is 65.7. The summed E-state index contributed by atoms with van der Waals surface area (Å²) in [5.41, 5.74) is -3.27. The second-order valence-corrected chi connectivity index (χ2v) is 54.8. The van der Waals surface area contributed by atoms with Crippen molar-refractivity contribution in [1.82, 2.24) is 0 Å². The highest BCUT2D eigenvalue weighted by Gasteiger charge is 2.71. The molecular formula is C131H250O16. The van der Waals surface area contributed by atoms with Crippen molar-refractivity contribution in [2.45, 2.75) is 620 Å². The lowest BCUT2D eigenvalue weighted by Gasteiger charge is -2.56. The molecule has 0 aromatic rings. The van der Waals surface area contributed by atoms with Gasteiger partial charge in [-0.15, -0.1) is 0 Å². The molecule has 24 atom stereocenters. The van der Waals surface area contributed by atoms with Gasteiger partial charge in [-0.2, -0.15) is 0 Å². The Kier molecular flexibility index (Phi) is 55.4. The molecule has 24 unspecified atom stereocenters. The van der Waals surface area contributed by atoms with Crippen LogP contribution in [0, 0.1) is 179 Å². The Balaban J connectivity index is 0.00000167. The highest BCUT2D eigenvalue weighted by molar-refractivity contribution is 5.79. The lowest BCUT2D eigenvalue weighted by molar-refractivity contribution is -0.248. The molecule has 16 nitrogen and oxygen atoms in total. The Morgan fingerprint density at radius 1 is 0.327 bits per heavy atom. The number of carbonyl (C=O) groups is 7. The molecule has 16 bridgehead atoms. The van der Waals surface area contributed by atoms with Crippen LogP contribution in [-0.4, -0.2) is 94.1 Å². The maximum Gasteiger partial charge on any atom is 0.313 e. The topological polar surface area (TPSA) is 203 Å². The van der Waals surface area contributed by atoms with E-state index < -0.39 is 23.4 Å². The maximum atomic E-state index is 12.7. The lowest BCUT2D eigenvalue weighted by Crippen LogP contribution is -2.53. The van der Waals surface area contributed by atoms with Gasteiger partial charge in [0.25, 0.3) is 0 Å². The van der Waals surface area contributed by atoms with E-state index in [1.165, 1.54) is 148 Å². The van der Waals surface area contributed by atoms with Gasteiger partial charge in [0.05, 0.1) is 49.6 Å². The van der Waals surface area contributed by atoms with Crippen LogP contribution in [0.5, 0.6) is 0 Å². The fourth-order valence-corrected chi connectivity index (χ4v) is 29.2. The van der Waals surface area contributed by atoms with E-state index in [0.29, 0.717) is 35.2 Å². The molecule has 0 aromatic carbocycles. The van der Waals surface area contributed by atoms with Gasteiger partial charge in [0.2, 0.25) is 6.29 Å². The van der Waals surface area contributed by atoms with Crippen LogP contribution in [0.3, 0.4) is 0 Å². The number of ether oxygens (including phenoxy) is 9. The van der Waals surface area contributed by atoms with E-state index in [1.807, 2.05) is 249 Å². The summed E-state index contributed by atoms with van der Waals surface area (Å²) < 4.78 is 52.8. The van der Waals surface area contributed by atoms with Crippen LogP contribution >= 0.6 is 0 Å². The summed E-state index contributed by atoms with van der Waals surface area (Å²) in [5, 5.41) is 0. The normalized spacial score (nSPS) is 33.3. The largest absolute Gasteiger partial charge is 0.460 e. The molecule has 16 heteroatoms. The van der Waals surface area contributed by atoms with Crippen LogP contribution in [-0.2, 0) is 76.2 Å². The Morgan fingerprint density at radius 2 is 0.701 bits per heavy atom. The Morgan fingerprint density at radius 3 is 1.10 bits per heavy atom. The highest BCUT2D eigenvalue weighted by atomic mass is 16.7. The van der Waals surface area contributed by atoms with Gasteiger partial charge in [0, 0.05) is 17.8 Å². The predicted molar refractivity (Wildman–Crippen MR) is 619 cm³/mol. The third kappa shape index (κ3) is 33.4. The summed E-state index contributed by atoms with van der Waals surface area (Å²) in [7, 11) is 0. The van der Waals surface area contributed by atoms with E-state index in [0.717, 1.165) is 164 Å². The molecule has 17 rings (SSSR count). The van der Waals surface area contributed by atoms with Crippen LogP contribution in [0.25, 0.3) is 0 Å². The molecule has 0 amide bonds. The van der Waals surface area contributed by atoms with E-state index in [-0.39, 0.29) is 145 Å². The first kappa shape index (κ1) is 143. The molecule has 17 aliphatic carbocycles. The minimum absolute atomic E-state index is 0. The third-order valence-electron chi connectivity index (χ3n) is 40.7. The number of hydrogen-bond donors (Lipinski definition) is 0. The minimum Gasteiger partial charge on any atom is -0.460 e. The zero-order valence-electron chi connectivity index (χ0n) is 102. The van der Waals surface area contributed by atoms with Gasteiger partial charge >= 0.3 is 41.8 Å². The van der Waals surface area contributed by atoms with Crippen LogP contribution in [0.2, 0.25) is 0 Å². The first-order valence-electron chi connectivity index (χ1n) is 59.6. The number of carbonyl (C=O) groups excluding carboxylic acids is 7. The van der Waals surface area contributed by atoms with Crippen molar-refractivity contribution >= 4 is 41.8 Å². The fourth-order valence-electron chi connectivity index (χ4n) is 29.2. The summed E-state index contributed by atoms with van der Waals surface area (Å²) >= 11 is 0. The van der Waals surface area contributed by atoms with Crippen LogP contribution in [0.4, 0.5) is 0 Å². The van der Waals surface area contributed by atoms with Gasteiger partial charge in [0.1, 0.15) is 28.0 Å².